The average molecular weight is 201 g/mol. The highest BCUT2D eigenvalue weighted by Gasteiger charge is 2.08. The minimum Gasteiger partial charge on any atom is -0.325 e. The number of nitrogens with two attached hydrogens (primary N) is 1. The molecule has 0 radical (unpaired) electrons. The third-order valence-corrected chi connectivity index (χ3v) is 2.64. The molecule has 1 aromatic heterocycles. The van der Waals surface area contributed by atoms with Gasteiger partial charge in [-0.1, -0.05) is 29.8 Å². The van der Waals surface area contributed by atoms with Crippen molar-refractivity contribution < 1.29 is 0 Å². The summed E-state index contributed by atoms with van der Waals surface area (Å²) in [5.41, 5.74) is 11.1. The standard InChI is InChI=1S/C12H15N3/c1-8-3-5-10(6-4-8)12-9(2)11(7-13)14-15-12/h3-6H,7,13H2,1-2H3,(H,14,15). The highest BCUT2D eigenvalue weighted by Crippen LogP contribution is 2.22. The normalized spacial score (nSPS) is 10.6. The average Bonchev–Trinajstić information content (AvgIpc) is 2.61. The Morgan fingerprint density at radius 1 is 1.20 bits per heavy atom. The van der Waals surface area contributed by atoms with Crippen molar-refractivity contribution in [2.24, 2.45) is 5.73 Å². The Labute approximate surface area is 89.3 Å². The largest absolute Gasteiger partial charge is 0.325 e. The van der Waals surface area contributed by atoms with Gasteiger partial charge in [0, 0.05) is 12.1 Å². The summed E-state index contributed by atoms with van der Waals surface area (Å²) in [6, 6.07) is 8.34. The number of rotatable bonds is 2. The van der Waals surface area contributed by atoms with Crippen molar-refractivity contribution in [1.82, 2.24) is 10.2 Å². The molecule has 0 unspecified atom stereocenters. The summed E-state index contributed by atoms with van der Waals surface area (Å²) in [6.07, 6.45) is 0. The number of nitrogens with zero attached hydrogens (tertiary/aromatic N) is 1. The van der Waals surface area contributed by atoms with Crippen LogP contribution in [0.1, 0.15) is 16.8 Å². The van der Waals surface area contributed by atoms with Gasteiger partial charge >= 0.3 is 0 Å². The summed E-state index contributed by atoms with van der Waals surface area (Å²) in [5, 5.41) is 7.24. The summed E-state index contributed by atoms with van der Waals surface area (Å²) < 4.78 is 0. The molecule has 78 valence electrons. The minimum atomic E-state index is 0.505. The maximum absolute atomic E-state index is 5.59. The molecule has 0 atom stereocenters. The van der Waals surface area contributed by atoms with E-state index < -0.39 is 0 Å². The molecular weight excluding hydrogens is 186 g/mol. The van der Waals surface area contributed by atoms with Crippen molar-refractivity contribution in [2.75, 3.05) is 0 Å². The molecule has 0 aliphatic rings. The van der Waals surface area contributed by atoms with Gasteiger partial charge in [-0.15, -0.1) is 0 Å². The molecule has 0 saturated carbocycles. The van der Waals surface area contributed by atoms with E-state index in [1.54, 1.807) is 0 Å². The molecule has 3 heteroatoms. The Hall–Kier alpha value is -1.61. The maximum Gasteiger partial charge on any atom is 0.0953 e. The zero-order valence-corrected chi connectivity index (χ0v) is 9.04. The van der Waals surface area contributed by atoms with E-state index in [4.69, 9.17) is 5.73 Å². The number of H-pyrrole nitrogens is 1. The molecule has 0 spiro atoms. The zero-order valence-electron chi connectivity index (χ0n) is 9.04. The first-order valence-electron chi connectivity index (χ1n) is 5.03. The first kappa shape index (κ1) is 9.93. The van der Waals surface area contributed by atoms with Crippen molar-refractivity contribution in [1.29, 1.82) is 0 Å². The summed E-state index contributed by atoms with van der Waals surface area (Å²) in [4.78, 5) is 0. The molecule has 0 aliphatic heterocycles. The van der Waals surface area contributed by atoms with Crippen molar-refractivity contribution in [3.05, 3.63) is 41.1 Å². The summed E-state index contributed by atoms with van der Waals surface area (Å²) in [6.45, 7) is 4.62. The molecule has 2 rings (SSSR count). The molecule has 0 bridgehead atoms. The molecule has 0 saturated heterocycles. The van der Waals surface area contributed by atoms with Crippen LogP contribution in [0, 0.1) is 13.8 Å². The number of nitrogens with one attached hydrogen (secondary N) is 1. The van der Waals surface area contributed by atoms with E-state index in [0.29, 0.717) is 6.54 Å². The van der Waals surface area contributed by atoms with Crippen molar-refractivity contribution in [3.63, 3.8) is 0 Å². The van der Waals surface area contributed by atoms with Crippen LogP contribution in [0.2, 0.25) is 0 Å². The summed E-state index contributed by atoms with van der Waals surface area (Å²) >= 11 is 0. The van der Waals surface area contributed by atoms with Gasteiger partial charge in [-0.3, -0.25) is 5.10 Å². The van der Waals surface area contributed by atoms with E-state index in [1.807, 2.05) is 6.92 Å². The molecule has 2 aromatic rings. The van der Waals surface area contributed by atoms with Gasteiger partial charge in [-0.05, 0) is 19.4 Å². The zero-order chi connectivity index (χ0) is 10.8. The van der Waals surface area contributed by atoms with Crippen molar-refractivity contribution in [3.8, 4) is 11.3 Å². The van der Waals surface area contributed by atoms with Crippen LogP contribution in [0.15, 0.2) is 24.3 Å². The first-order chi connectivity index (χ1) is 7.22. The molecule has 0 fully saturated rings. The quantitative estimate of drug-likeness (QED) is 0.782. The second kappa shape index (κ2) is 3.87. The van der Waals surface area contributed by atoms with Crippen LogP contribution >= 0.6 is 0 Å². The number of aryl methyl sites for hydroxylation is 1. The molecule has 3 nitrogen and oxygen atoms in total. The van der Waals surface area contributed by atoms with Gasteiger partial charge < -0.3 is 5.73 Å². The molecule has 1 heterocycles. The van der Waals surface area contributed by atoms with Crippen molar-refractivity contribution in [2.45, 2.75) is 20.4 Å². The molecule has 15 heavy (non-hydrogen) atoms. The van der Waals surface area contributed by atoms with E-state index in [9.17, 15) is 0 Å². The minimum absolute atomic E-state index is 0.505. The van der Waals surface area contributed by atoms with Crippen LogP contribution in [0.3, 0.4) is 0 Å². The number of hydrogen-bond donors (Lipinski definition) is 2. The van der Waals surface area contributed by atoms with Crippen LogP contribution in [0.25, 0.3) is 11.3 Å². The fraction of sp³-hybridized carbons (Fsp3) is 0.250. The monoisotopic (exact) mass is 201 g/mol. The molecular formula is C12H15N3. The van der Waals surface area contributed by atoms with E-state index >= 15 is 0 Å². The highest BCUT2D eigenvalue weighted by molar-refractivity contribution is 5.63. The second-order valence-corrected chi connectivity index (χ2v) is 3.75. The molecule has 0 aliphatic carbocycles. The van der Waals surface area contributed by atoms with Gasteiger partial charge in [0.05, 0.1) is 11.4 Å². The maximum atomic E-state index is 5.59. The Morgan fingerprint density at radius 3 is 2.40 bits per heavy atom. The Kier molecular flexibility index (Phi) is 2.56. The van der Waals surface area contributed by atoms with Crippen LogP contribution in [-0.4, -0.2) is 10.2 Å². The fourth-order valence-electron chi connectivity index (χ4n) is 1.63. The highest BCUT2D eigenvalue weighted by atomic mass is 15.1. The van der Waals surface area contributed by atoms with E-state index in [-0.39, 0.29) is 0 Å². The van der Waals surface area contributed by atoms with Gasteiger partial charge in [-0.25, -0.2) is 0 Å². The van der Waals surface area contributed by atoms with Crippen LogP contribution < -0.4 is 5.73 Å². The molecule has 3 N–H and O–H groups in total. The predicted octanol–water partition coefficient (Wildman–Crippen LogP) is 2.15. The summed E-state index contributed by atoms with van der Waals surface area (Å²) in [7, 11) is 0. The third kappa shape index (κ3) is 1.78. The van der Waals surface area contributed by atoms with Gasteiger partial charge in [0.2, 0.25) is 0 Å². The summed E-state index contributed by atoms with van der Waals surface area (Å²) in [5.74, 6) is 0. The molecule has 1 aromatic carbocycles. The number of benzene rings is 1. The lowest BCUT2D eigenvalue weighted by Gasteiger charge is -1.99. The van der Waals surface area contributed by atoms with E-state index in [2.05, 4.69) is 41.4 Å². The molecule has 0 amide bonds. The smallest absolute Gasteiger partial charge is 0.0953 e. The van der Waals surface area contributed by atoms with Crippen molar-refractivity contribution >= 4 is 0 Å². The Balaban J connectivity index is 2.45. The number of aromatic amines is 1. The van der Waals surface area contributed by atoms with Crippen LogP contribution in [0.4, 0.5) is 0 Å². The number of hydrogen-bond acceptors (Lipinski definition) is 2. The van der Waals surface area contributed by atoms with Gasteiger partial charge in [-0.2, -0.15) is 5.10 Å². The lowest BCUT2D eigenvalue weighted by molar-refractivity contribution is 0.941. The first-order valence-corrected chi connectivity index (χ1v) is 5.03. The van der Waals surface area contributed by atoms with Gasteiger partial charge in [0.15, 0.2) is 0 Å². The lowest BCUT2D eigenvalue weighted by atomic mass is 10.1. The second-order valence-electron chi connectivity index (χ2n) is 3.75. The predicted molar refractivity (Wildman–Crippen MR) is 61.4 cm³/mol. The third-order valence-electron chi connectivity index (χ3n) is 2.64. The lowest BCUT2D eigenvalue weighted by Crippen LogP contribution is -1.98. The Bertz CT molecular complexity index is 454. The van der Waals surface area contributed by atoms with E-state index in [1.165, 1.54) is 5.56 Å². The SMILES string of the molecule is Cc1ccc(-c2n[nH]c(CN)c2C)cc1. The van der Waals surface area contributed by atoms with Gasteiger partial charge in [0.25, 0.3) is 0 Å². The van der Waals surface area contributed by atoms with E-state index in [0.717, 1.165) is 22.5 Å². The topological polar surface area (TPSA) is 54.7 Å². The number of aromatic nitrogens is 2. The van der Waals surface area contributed by atoms with Gasteiger partial charge in [0.1, 0.15) is 0 Å². The Morgan fingerprint density at radius 2 is 1.87 bits per heavy atom. The van der Waals surface area contributed by atoms with Crippen LogP contribution in [0.5, 0.6) is 0 Å². The van der Waals surface area contributed by atoms with Crippen LogP contribution in [-0.2, 0) is 6.54 Å². The fourth-order valence-corrected chi connectivity index (χ4v) is 1.63.